The third-order valence-corrected chi connectivity index (χ3v) is 5.69. The number of phenols is 1. The van der Waals surface area contributed by atoms with Gasteiger partial charge >= 0.3 is 0 Å². The molecule has 4 nitrogen and oxygen atoms in total. The van der Waals surface area contributed by atoms with Crippen LogP contribution in [0.2, 0.25) is 0 Å². The number of nitrogens with one attached hydrogen (secondary N) is 1. The summed E-state index contributed by atoms with van der Waals surface area (Å²) in [4.78, 5) is 24.0. The summed E-state index contributed by atoms with van der Waals surface area (Å²) in [6.07, 6.45) is 39.6. The fourth-order valence-electron chi connectivity index (χ4n) is 3.53. The lowest BCUT2D eigenvalue weighted by Gasteiger charge is -2.06. The van der Waals surface area contributed by atoms with Crippen LogP contribution in [0.25, 0.3) is 0 Å². The predicted octanol–water partition coefficient (Wildman–Crippen LogP) is 8.90. The quantitative estimate of drug-likeness (QED) is 0.123. The number of para-hydroxylation sites is 1. The zero-order valence-electron chi connectivity index (χ0n) is 23.6. The van der Waals surface area contributed by atoms with Crippen molar-refractivity contribution >= 4 is 11.7 Å². The van der Waals surface area contributed by atoms with Crippen LogP contribution in [0.3, 0.4) is 0 Å². The van der Waals surface area contributed by atoms with Crippen LogP contribution in [0.5, 0.6) is 5.75 Å². The van der Waals surface area contributed by atoms with Crippen LogP contribution in [0.15, 0.2) is 109 Å². The Hall–Kier alpha value is -3.66. The van der Waals surface area contributed by atoms with E-state index in [0.29, 0.717) is 25.8 Å². The van der Waals surface area contributed by atoms with Crippen molar-refractivity contribution in [2.45, 2.75) is 77.6 Å². The van der Waals surface area contributed by atoms with Crippen LogP contribution in [-0.2, 0) is 4.79 Å². The van der Waals surface area contributed by atoms with Gasteiger partial charge in [0.25, 0.3) is 5.91 Å². The van der Waals surface area contributed by atoms with E-state index in [1.807, 2.05) is 0 Å². The molecule has 0 fully saturated rings. The first-order valence-electron chi connectivity index (χ1n) is 14.3. The van der Waals surface area contributed by atoms with Gasteiger partial charge in [-0.25, -0.2) is 0 Å². The molecule has 2 N–H and O–H groups in total. The number of allylic oxidation sites excluding steroid dienone is 14. The summed E-state index contributed by atoms with van der Waals surface area (Å²) in [5.74, 6) is -0.162. The molecule has 210 valence electrons. The summed E-state index contributed by atoms with van der Waals surface area (Å²) in [6.45, 7) is 2.57. The molecule has 0 aliphatic heterocycles. The highest BCUT2D eigenvalue weighted by Gasteiger charge is 2.09. The van der Waals surface area contributed by atoms with Crippen molar-refractivity contribution in [3.63, 3.8) is 0 Å². The predicted molar refractivity (Wildman–Crippen MR) is 166 cm³/mol. The largest absolute Gasteiger partial charge is 0.507 e. The molecule has 0 saturated carbocycles. The third kappa shape index (κ3) is 20.0. The van der Waals surface area contributed by atoms with Crippen molar-refractivity contribution in [2.75, 3.05) is 6.54 Å². The van der Waals surface area contributed by atoms with Crippen molar-refractivity contribution < 1.29 is 14.7 Å². The van der Waals surface area contributed by atoms with Crippen LogP contribution in [0.1, 0.15) is 87.9 Å². The molecule has 0 saturated heterocycles. The van der Waals surface area contributed by atoms with Crippen LogP contribution in [0, 0.1) is 0 Å². The fourth-order valence-corrected chi connectivity index (χ4v) is 3.53. The Morgan fingerprint density at radius 3 is 1.62 bits per heavy atom. The molecule has 39 heavy (non-hydrogen) atoms. The van der Waals surface area contributed by atoms with E-state index >= 15 is 0 Å². The lowest BCUT2D eigenvalue weighted by atomic mass is 10.1. The van der Waals surface area contributed by atoms with Gasteiger partial charge in [-0.3, -0.25) is 9.59 Å². The summed E-state index contributed by atoms with van der Waals surface area (Å²) in [5.41, 5.74) is 0.251. The number of hydrogen-bond acceptors (Lipinski definition) is 3. The first-order chi connectivity index (χ1) is 19.1. The molecule has 0 aliphatic rings. The van der Waals surface area contributed by atoms with E-state index in [1.165, 1.54) is 6.07 Å². The zero-order valence-corrected chi connectivity index (χ0v) is 23.6. The average Bonchev–Trinajstić information content (AvgIpc) is 2.94. The van der Waals surface area contributed by atoms with Gasteiger partial charge in [0, 0.05) is 19.4 Å². The summed E-state index contributed by atoms with van der Waals surface area (Å²) in [7, 11) is 0. The van der Waals surface area contributed by atoms with Crippen molar-refractivity contribution in [2.24, 2.45) is 0 Å². The summed E-state index contributed by atoms with van der Waals surface area (Å²) in [5, 5.41) is 12.4. The Morgan fingerprint density at radius 2 is 1.13 bits per heavy atom. The monoisotopic (exact) mass is 529 g/mol. The van der Waals surface area contributed by atoms with E-state index < -0.39 is 0 Å². The maximum absolute atomic E-state index is 12.0. The number of amides is 1. The fraction of sp³-hybridized carbons (Fsp3) is 0.371. The van der Waals surface area contributed by atoms with Crippen molar-refractivity contribution in [1.82, 2.24) is 5.32 Å². The molecular formula is C35H47NO3. The van der Waals surface area contributed by atoms with Crippen molar-refractivity contribution in [1.29, 1.82) is 0 Å². The second-order valence-corrected chi connectivity index (χ2v) is 9.08. The first-order valence-corrected chi connectivity index (χ1v) is 14.3. The number of carbonyl (C=O) groups is 2. The first kappa shape index (κ1) is 33.4. The number of Topliss-reactive ketones (excluding diaryl/α,β-unsaturated/α-hetero) is 1. The molecule has 0 aromatic heterocycles. The standard InChI is InChI=1S/C35H47NO3/c1-2-3-4-5-6-7-8-9-10-11-12-13-14-15-16-17-18-19-20-21-22-23-27-32(37)28-26-31-36-35(39)33-29-24-25-30-34(33)38/h3-4,6-7,9-10,12-13,15-16,18-19,21-22,24-25,29-30,38H,2,5,8,11,14,17,20,23,26-28,31H2,1H3,(H,36,39)/b4-3-,7-6-,10-9-,13-12-,16-15-,19-18-,22-21-. The molecule has 0 unspecified atom stereocenters. The van der Waals surface area contributed by atoms with E-state index in [2.05, 4.69) is 97.3 Å². The van der Waals surface area contributed by atoms with Crippen LogP contribution < -0.4 is 5.32 Å². The molecule has 0 radical (unpaired) electrons. The minimum atomic E-state index is -0.321. The second kappa shape index (κ2) is 24.7. The van der Waals surface area contributed by atoms with Gasteiger partial charge in [0.15, 0.2) is 0 Å². The highest BCUT2D eigenvalue weighted by Crippen LogP contribution is 2.15. The van der Waals surface area contributed by atoms with Gasteiger partial charge in [0.1, 0.15) is 11.5 Å². The highest BCUT2D eigenvalue weighted by atomic mass is 16.3. The molecular weight excluding hydrogens is 482 g/mol. The van der Waals surface area contributed by atoms with Gasteiger partial charge in [0.05, 0.1) is 5.56 Å². The van der Waals surface area contributed by atoms with Gasteiger partial charge in [-0.05, 0) is 69.9 Å². The minimum absolute atomic E-state index is 0.0399. The Morgan fingerprint density at radius 1 is 0.667 bits per heavy atom. The Bertz CT molecular complexity index is 1010. The van der Waals surface area contributed by atoms with E-state index in [-0.39, 0.29) is 23.0 Å². The van der Waals surface area contributed by atoms with Gasteiger partial charge in [0.2, 0.25) is 0 Å². The SMILES string of the molecule is CC/C=C\C/C=C\C/C=C\C/C=C\C/C=C\C/C=C\C/C=C\CCC(=O)CCCNC(=O)c1ccccc1O. The molecule has 0 heterocycles. The van der Waals surface area contributed by atoms with Crippen LogP contribution in [-0.4, -0.2) is 23.3 Å². The molecule has 0 atom stereocenters. The van der Waals surface area contributed by atoms with E-state index in [1.54, 1.807) is 18.2 Å². The Balaban J connectivity index is 1.97. The molecule has 0 aliphatic carbocycles. The van der Waals surface area contributed by atoms with Crippen LogP contribution in [0.4, 0.5) is 0 Å². The normalized spacial score (nSPS) is 12.5. The van der Waals surface area contributed by atoms with Crippen molar-refractivity contribution in [3.05, 3.63) is 115 Å². The number of aromatic hydroxyl groups is 1. The Kier molecular flexibility index (Phi) is 21.1. The number of phenolic OH excluding ortho intramolecular Hbond substituents is 1. The van der Waals surface area contributed by atoms with Gasteiger partial charge in [-0.2, -0.15) is 0 Å². The topological polar surface area (TPSA) is 66.4 Å². The second-order valence-electron chi connectivity index (χ2n) is 9.08. The lowest BCUT2D eigenvalue weighted by Crippen LogP contribution is -2.24. The zero-order chi connectivity index (χ0) is 28.2. The lowest BCUT2D eigenvalue weighted by molar-refractivity contribution is -0.119. The molecule has 0 spiro atoms. The number of ketones is 1. The number of rotatable bonds is 21. The third-order valence-electron chi connectivity index (χ3n) is 5.69. The highest BCUT2D eigenvalue weighted by molar-refractivity contribution is 5.96. The number of carbonyl (C=O) groups excluding carboxylic acids is 2. The average molecular weight is 530 g/mol. The summed E-state index contributed by atoms with van der Waals surface area (Å²) in [6, 6.07) is 6.42. The van der Waals surface area contributed by atoms with Crippen molar-refractivity contribution in [3.8, 4) is 5.75 Å². The van der Waals surface area contributed by atoms with Gasteiger partial charge < -0.3 is 10.4 Å². The van der Waals surface area contributed by atoms with Gasteiger partial charge in [-0.15, -0.1) is 0 Å². The summed E-state index contributed by atoms with van der Waals surface area (Å²) < 4.78 is 0. The number of hydrogen-bond donors (Lipinski definition) is 2. The molecule has 4 heteroatoms. The molecule has 1 aromatic rings. The van der Waals surface area contributed by atoms with Crippen LogP contribution >= 0.6 is 0 Å². The molecule has 1 aromatic carbocycles. The van der Waals surface area contributed by atoms with E-state index in [9.17, 15) is 14.7 Å². The molecule has 1 amide bonds. The number of benzene rings is 1. The summed E-state index contributed by atoms with van der Waals surface area (Å²) >= 11 is 0. The molecule has 1 rings (SSSR count). The smallest absolute Gasteiger partial charge is 0.255 e. The maximum Gasteiger partial charge on any atom is 0.255 e. The Labute approximate surface area is 236 Å². The maximum atomic E-state index is 12.0. The van der Waals surface area contributed by atoms with E-state index in [0.717, 1.165) is 51.4 Å². The minimum Gasteiger partial charge on any atom is -0.507 e. The van der Waals surface area contributed by atoms with E-state index in [4.69, 9.17) is 0 Å². The molecule has 0 bridgehead atoms. The van der Waals surface area contributed by atoms with Gasteiger partial charge in [-0.1, -0.05) is 104 Å².